The molecule has 0 saturated carbocycles. The normalized spacial score (nSPS) is 23.7. The van der Waals surface area contributed by atoms with Gasteiger partial charge < -0.3 is 10.6 Å². The van der Waals surface area contributed by atoms with Gasteiger partial charge in [-0.2, -0.15) is 0 Å². The van der Waals surface area contributed by atoms with Gasteiger partial charge in [-0.3, -0.25) is 9.69 Å². The Morgan fingerprint density at radius 2 is 2.10 bits per heavy atom. The van der Waals surface area contributed by atoms with E-state index in [0.29, 0.717) is 17.6 Å². The van der Waals surface area contributed by atoms with E-state index in [1.807, 2.05) is 11.8 Å². The second-order valence-electron chi connectivity index (χ2n) is 6.12. The van der Waals surface area contributed by atoms with Gasteiger partial charge in [-0.25, -0.2) is 4.98 Å². The molecule has 0 spiro atoms. The van der Waals surface area contributed by atoms with Crippen molar-refractivity contribution >= 4 is 22.4 Å². The van der Waals surface area contributed by atoms with Crippen LogP contribution in [0.1, 0.15) is 36.3 Å². The molecule has 2 fully saturated rings. The van der Waals surface area contributed by atoms with Gasteiger partial charge >= 0.3 is 0 Å². The quantitative estimate of drug-likeness (QED) is 0.922. The van der Waals surface area contributed by atoms with Crippen LogP contribution in [-0.2, 0) is 11.2 Å². The van der Waals surface area contributed by atoms with E-state index in [1.165, 1.54) is 43.7 Å². The van der Waals surface area contributed by atoms with E-state index in [4.69, 9.17) is 5.73 Å². The highest BCUT2D eigenvalue weighted by atomic mass is 32.1. The first-order valence-electron chi connectivity index (χ1n) is 7.87. The average molecular weight is 308 g/mol. The molecule has 116 valence electrons. The number of aromatic nitrogens is 1. The number of nitrogen functional groups attached to an aromatic ring is 1. The van der Waals surface area contributed by atoms with Gasteiger partial charge in [0.15, 0.2) is 5.13 Å². The molecule has 2 saturated heterocycles. The zero-order chi connectivity index (χ0) is 14.8. The number of aryl methyl sites for hydroxylation is 1. The standard InChI is InChI=1S/C15H24N4OS/c1-11-13(21-15(16)17-11)9-14(20)19-8-5-12(10-19)18-6-3-2-4-7-18/h12H,2-10H2,1H3,(H2,16,17)/t12-/m1/s1. The molecule has 3 heterocycles. The van der Waals surface area contributed by atoms with Crippen LogP contribution in [0.25, 0.3) is 0 Å². The zero-order valence-corrected chi connectivity index (χ0v) is 13.5. The first kappa shape index (κ1) is 14.8. The molecule has 0 unspecified atom stereocenters. The largest absolute Gasteiger partial charge is 0.375 e. The predicted octanol–water partition coefficient (Wildman–Crippen LogP) is 1.66. The molecule has 0 aliphatic carbocycles. The van der Waals surface area contributed by atoms with E-state index in [9.17, 15) is 4.79 Å². The summed E-state index contributed by atoms with van der Waals surface area (Å²) >= 11 is 1.44. The third-order valence-corrected chi connectivity index (χ3v) is 5.63. The molecule has 1 aromatic heterocycles. The van der Waals surface area contributed by atoms with E-state index < -0.39 is 0 Å². The fraction of sp³-hybridized carbons (Fsp3) is 0.733. The van der Waals surface area contributed by atoms with Crippen molar-refractivity contribution in [2.45, 2.75) is 45.1 Å². The summed E-state index contributed by atoms with van der Waals surface area (Å²) in [5, 5.41) is 0.558. The second kappa shape index (κ2) is 6.32. The minimum Gasteiger partial charge on any atom is -0.375 e. The Morgan fingerprint density at radius 3 is 2.76 bits per heavy atom. The van der Waals surface area contributed by atoms with Gasteiger partial charge in [-0.15, -0.1) is 11.3 Å². The Kier molecular flexibility index (Phi) is 4.45. The van der Waals surface area contributed by atoms with Crippen molar-refractivity contribution in [1.82, 2.24) is 14.8 Å². The van der Waals surface area contributed by atoms with E-state index in [1.54, 1.807) is 0 Å². The SMILES string of the molecule is Cc1nc(N)sc1CC(=O)N1CC[C@@H](N2CCCCC2)C1. The van der Waals surface area contributed by atoms with E-state index in [0.717, 1.165) is 30.1 Å². The number of amides is 1. The number of thiazole rings is 1. The summed E-state index contributed by atoms with van der Waals surface area (Å²) in [6, 6.07) is 0.571. The first-order valence-corrected chi connectivity index (χ1v) is 8.69. The van der Waals surface area contributed by atoms with Crippen LogP contribution in [0, 0.1) is 6.92 Å². The molecule has 5 nitrogen and oxygen atoms in total. The van der Waals surface area contributed by atoms with Gasteiger partial charge in [0.05, 0.1) is 12.1 Å². The lowest BCUT2D eigenvalue weighted by Crippen LogP contribution is -2.41. The van der Waals surface area contributed by atoms with Crippen LogP contribution in [0.2, 0.25) is 0 Å². The van der Waals surface area contributed by atoms with E-state index in [-0.39, 0.29) is 5.91 Å². The maximum Gasteiger partial charge on any atom is 0.227 e. The first-order chi connectivity index (χ1) is 10.1. The Morgan fingerprint density at radius 1 is 1.33 bits per heavy atom. The molecule has 2 aliphatic heterocycles. The van der Waals surface area contributed by atoms with Crippen molar-refractivity contribution in [3.63, 3.8) is 0 Å². The number of nitrogens with two attached hydrogens (primary N) is 1. The molecule has 6 heteroatoms. The smallest absolute Gasteiger partial charge is 0.227 e. The van der Waals surface area contributed by atoms with Crippen molar-refractivity contribution in [2.24, 2.45) is 0 Å². The molecule has 2 aliphatic rings. The van der Waals surface area contributed by atoms with Crippen LogP contribution in [0.15, 0.2) is 0 Å². The van der Waals surface area contributed by atoms with Crippen molar-refractivity contribution in [3.05, 3.63) is 10.6 Å². The lowest BCUT2D eigenvalue weighted by Gasteiger charge is -2.32. The van der Waals surface area contributed by atoms with Crippen LogP contribution in [0.5, 0.6) is 0 Å². The molecule has 1 amide bonds. The number of rotatable bonds is 3. The second-order valence-corrected chi connectivity index (χ2v) is 7.23. The fourth-order valence-electron chi connectivity index (χ4n) is 3.41. The summed E-state index contributed by atoms with van der Waals surface area (Å²) in [5.41, 5.74) is 6.60. The van der Waals surface area contributed by atoms with Crippen molar-refractivity contribution in [1.29, 1.82) is 0 Å². The Hall–Kier alpha value is -1.14. The molecule has 0 aromatic carbocycles. The number of carbonyl (C=O) groups excluding carboxylic acids is 1. The number of nitrogens with zero attached hydrogens (tertiary/aromatic N) is 3. The van der Waals surface area contributed by atoms with Gasteiger partial charge in [-0.05, 0) is 39.3 Å². The number of anilines is 1. The van der Waals surface area contributed by atoms with Crippen LogP contribution < -0.4 is 5.73 Å². The molecular formula is C15H24N4OS. The summed E-state index contributed by atoms with van der Waals surface area (Å²) in [6.07, 6.45) is 5.55. The fourth-order valence-corrected chi connectivity index (χ4v) is 4.24. The Balaban J connectivity index is 1.55. The highest BCUT2D eigenvalue weighted by molar-refractivity contribution is 7.15. The van der Waals surface area contributed by atoms with Gasteiger partial charge in [0.25, 0.3) is 0 Å². The molecule has 2 N–H and O–H groups in total. The summed E-state index contributed by atoms with van der Waals surface area (Å²) in [7, 11) is 0. The third-order valence-electron chi connectivity index (χ3n) is 4.64. The number of carbonyl (C=O) groups is 1. The molecule has 1 aromatic rings. The lowest BCUT2D eigenvalue weighted by atomic mass is 10.1. The minimum atomic E-state index is 0.223. The molecule has 0 bridgehead atoms. The Labute approximate surface area is 130 Å². The monoisotopic (exact) mass is 308 g/mol. The third kappa shape index (κ3) is 3.37. The summed E-state index contributed by atoms with van der Waals surface area (Å²) in [4.78, 5) is 22.3. The maximum atomic E-state index is 12.5. The molecule has 3 rings (SSSR count). The summed E-state index contributed by atoms with van der Waals surface area (Å²) in [6.45, 7) is 6.13. The Bertz CT molecular complexity index is 510. The number of piperidine rings is 1. The summed E-state index contributed by atoms with van der Waals surface area (Å²) in [5.74, 6) is 0.223. The van der Waals surface area contributed by atoms with E-state index in [2.05, 4.69) is 9.88 Å². The van der Waals surface area contributed by atoms with Crippen LogP contribution in [0.4, 0.5) is 5.13 Å². The molecule has 21 heavy (non-hydrogen) atoms. The van der Waals surface area contributed by atoms with Crippen molar-refractivity contribution < 1.29 is 4.79 Å². The van der Waals surface area contributed by atoms with Gasteiger partial charge in [0.1, 0.15) is 0 Å². The average Bonchev–Trinajstić information content (AvgIpc) is 3.07. The lowest BCUT2D eigenvalue weighted by molar-refractivity contribution is -0.129. The molecule has 1 atom stereocenters. The van der Waals surface area contributed by atoms with Crippen LogP contribution in [-0.4, -0.2) is 52.9 Å². The van der Waals surface area contributed by atoms with Gasteiger partial charge in [-0.1, -0.05) is 6.42 Å². The number of likely N-dealkylation sites (tertiary alicyclic amines) is 2. The number of hydrogen-bond donors (Lipinski definition) is 1. The molecule has 0 radical (unpaired) electrons. The van der Waals surface area contributed by atoms with Gasteiger partial charge in [0, 0.05) is 24.0 Å². The highest BCUT2D eigenvalue weighted by Crippen LogP contribution is 2.24. The van der Waals surface area contributed by atoms with Crippen LogP contribution >= 0.6 is 11.3 Å². The molecular weight excluding hydrogens is 284 g/mol. The zero-order valence-electron chi connectivity index (χ0n) is 12.7. The van der Waals surface area contributed by atoms with E-state index >= 15 is 0 Å². The van der Waals surface area contributed by atoms with Gasteiger partial charge in [0.2, 0.25) is 5.91 Å². The highest BCUT2D eigenvalue weighted by Gasteiger charge is 2.31. The minimum absolute atomic E-state index is 0.223. The predicted molar refractivity (Wildman–Crippen MR) is 85.4 cm³/mol. The van der Waals surface area contributed by atoms with Crippen LogP contribution in [0.3, 0.4) is 0 Å². The van der Waals surface area contributed by atoms with Crippen molar-refractivity contribution in [2.75, 3.05) is 31.9 Å². The maximum absolute atomic E-state index is 12.5. The topological polar surface area (TPSA) is 62.5 Å². The summed E-state index contributed by atoms with van der Waals surface area (Å²) < 4.78 is 0. The van der Waals surface area contributed by atoms with Crippen molar-refractivity contribution in [3.8, 4) is 0 Å². The number of hydrogen-bond acceptors (Lipinski definition) is 5.